The highest BCUT2D eigenvalue weighted by atomic mass is 32.2. The third-order valence-corrected chi connectivity index (χ3v) is 3.75. The molecule has 1 aromatic rings. The molecule has 0 amide bonds. The molecule has 1 heterocycles. The Labute approximate surface area is 119 Å². The summed E-state index contributed by atoms with van der Waals surface area (Å²) in [5.74, 6) is 0.538. The summed E-state index contributed by atoms with van der Waals surface area (Å²) in [5, 5.41) is 12.4. The third kappa shape index (κ3) is 5.59. The highest BCUT2D eigenvalue weighted by Crippen LogP contribution is 2.13. The highest BCUT2D eigenvalue weighted by molar-refractivity contribution is 7.89. The monoisotopic (exact) mass is 306 g/mol. The van der Waals surface area contributed by atoms with Gasteiger partial charge in [0.15, 0.2) is 0 Å². The van der Waals surface area contributed by atoms with Crippen LogP contribution in [0.15, 0.2) is 21.6 Å². The van der Waals surface area contributed by atoms with Gasteiger partial charge in [0.25, 0.3) is 10.0 Å². The van der Waals surface area contributed by atoms with E-state index in [4.69, 9.17) is 9.15 Å². The summed E-state index contributed by atoms with van der Waals surface area (Å²) in [4.78, 5) is 0. The van der Waals surface area contributed by atoms with Crippen molar-refractivity contribution in [1.29, 1.82) is 0 Å². The lowest BCUT2D eigenvalue weighted by Gasteiger charge is -2.10. The fourth-order valence-electron chi connectivity index (χ4n) is 1.43. The summed E-state index contributed by atoms with van der Waals surface area (Å²) >= 11 is 0. The molecule has 7 nitrogen and oxygen atoms in total. The summed E-state index contributed by atoms with van der Waals surface area (Å²) in [6.45, 7) is 4.36. The highest BCUT2D eigenvalue weighted by Gasteiger charge is 2.19. The maximum absolute atomic E-state index is 11.9. The lowest BCUT2D eigenvalue weighted by molar-refractivity contribution is 0.0678. The van der Waals surface area contributed by atoms with Crippen LogP contribution in [0.4, 0.5) is 0 Å². The fraction of sp³-hybridized carbons (Fsp3) is 0.667. The third-order valence-electron chi connectivity index (χ3n) is 2.45. The van der Waals surface area contributed by atoms with Gasteiger partial charge in [-0.15, -0.1) is 0 Å². The molecule has 1 aromatic heterocycles. The van der Waals surface area contributed by atoms with Crippen molar-refractivity contribution in [2.75, 3.05) is 20.3 Å². The Hall–Kier alpha value is -0.930. The Kier molecular flexibility index (Phi) is 6.63. The van der Waals surface area contributed by atoms with E-state index in [1.54, 1.807) is 6.07 Å². The molecule has 0 aliphatic carbocycles. The molecule has 0 spiro atoms. The normalized spacial score (nSPS) is 13.8. The van der Waals surface area contributed by atoms with Crippen LogP contribution in [0.2, 0.25) is 0 Å². The lowest BCUT2D eigenvalue weighted by atomic mass is 10.3. The molecule has 0 fully saturated rings. The Morgan fingerprint density at radius 2 is 2.10 bits per heavy atom. The zero-order valence-electron chi connectivity index (χ0n) is 11.9. The van der Waals surface area contributed by atoms with E-state index >= 15 is 0 Å². The van der Waals surface area contributed by atoms with Gasteiger partial charge in [-0.2, -0.15) is 0 Å². The standard InChI is InChI=1S/C12H22N2O5S/c1-9(2)13-7-11-4-5-12(19-11)20(16,17)14-6-10(15)8-18-3/h4-5,9-10,13-15H,6-8H2,1-3H3. The molecule has 0 saturated heterocycles. The maximum Gasteiger partial charge on any atom is 0.274 e. The molecule has 20 heavy (non-hydrogen) atoms. The van der Waals surface area contributed by atoms with E-state index in [2.05, 4.69) is 10.0 Å². The minimum Gasteiger partial charge on any atom is -0.447 e. The summed E-state index contributed by atoms with van der Waals surface area (Å²) in [6.07, 6.45) is -0.896. The van der Waals surface area contributed by atoms with E-state index in [1.807, 2.05) is 13.8 Å². The van der Waals surface area contributed by atoms with Gasteiger partial charge in [0.05, 0.1) is 19.3 Å². The van der Waals surface area contributed by atoms with Gasteiger partial charge in [-0.25, -0.2) is 13.1 Å². The van der Waals surface area contributed by atoms with Crippen LogP contribution in [0.5, 0.6) is 0 Å². The molecule has 8 heteroatoms. The molecule has 0 radical (unpaired) electrons. The number of hydrogen-bond acceptors (Lipinski definition) is 6. The van der Waals surface area contributed by atoms with Crippen LogP contribution in [-0.4, -0.2) is 45.9 Å². The average Bonchev–Trinajstić information content (AvgIpc) is 2.84. The van der Waals surface area contributed by atoms with Gasteiger partial charge in [-0.05, 0) is 12.1 Å². The quantitative estimate of drug-likeness (QED) is 0.596. The predicted octanol–water partition coefficient (Wildman–Crippen LogP) is 0.0632. The second-order valence-electron chi connectivity index (χ2n) is 4.72. The molecular weight excluding hydrogens is 284 g/mol. The largest absolute Gasteiger partial charge is 0.447 e. The molecule has 1 unspecified atom stereocenters. The fourth-order valence-corrected chi connectivity index (χ4v) is 2.45. The first-order valence-corrected chi connectivity index (χ1v) is 7.82. The van der Waals surface area contributed by atoms with Crippen LogP contribution in [0, 0.1) is 0 Å². The summed E-state index contributed by atoms with van der Waals surface area (Å²) in [6, 6.07) is 3.28. The Morgan fingerprint density at radius 3 is 2.70 bits per heavy atom. The molecule has 0 bridgehead atoms. The van der Waals surface area contributed by atoms with Crippen LogP contribution in [0.1, 0.15) is 19.6 Å². The van der Waals surface area contributed by atoms with Crippen molar-refractivity contribution in [2.24, 2.45) is 0 Å². The minimum atomic E-state index is -3.75. The second kappa shape index (κ2) is 7.75. The average molecular weight is 306 g/mol. The zero-order chi connectivity index (χ0) is 15.2. The maximum atomic E-state index is 11.9. The molecule has 0 aliphatic heterocycles. The first-order valence-electron chi connectivity index (χ1n) is 6.34. The van der Waals surface area contributed by atoms with Crippen LogP contribution in [0.3, 0.4) is 0 Å². The van der Waals surface area contributed by atoms with E-state index in [0.717, 1.165) is 0 Å². The van der Waals surface area contributed by atoms with Crippen LogP contribution in [0.25, 0.3) is 0 Å². The number of ether oxygens (including phenoxy) is 1. The van der Waals surface area contributed by atoms with Gasteiger partial charge >= 0.3 is 0 Å². The van der Waals surface area contributed by atoms with Crippen molar-refractivity contribution >= 4 is 10.0 Å². The zero-order valence-corrected chi connectivity index (χ0v) is 12.7. The van der Waals surface area contributed by atoms with Crippen LogP contribution >= 0.6 is 0 Å². The predicted molar refractivity (Wildman–Crippen MR) is 73.8 cm³/mol. The van der Waals surface area contributed by atoms with E-state index < -0.39 is 16.1 Å². The van der Waals surface area contributed by atoms with Gasteiger partial charge in [0.1, 0.15) is 5.76 Å². The number of methoxy groups -OCH3 is 1. The van der Waals surface area contributed by atoms with Crippen molar-refractivity contribution in [1.82, 2.24) is 10.0 Å². The van der Waals surface area contributed by atoms with E-state index in [0.29, 0.717) is 12.3 Å². The molecular formula is C12H22N2O5S. The molecule has 1 rings (SSSR count). The Morgan fingerprint density at radius 1 is 1.40 bits per heavy atom. The second-order valence-corrected chi connectivity index (χ2v) is 6.42. The van der Waals surface area contributed by atoms with Crippen molar-refractivity contribution < 1.29 is 22.7 Å². The summed E-state index contributed by atoms with van der Waals surface area (Å²) in [7, 11) is -2.32. The number of rotatable bonds is 9. The molecule has 3 N–H and O–H groups in total. The van der Waals surface area contributed by atoms with Crippen molar-refractivity contribution in [2.45, 2.75) is 37.6 Å². The molecule has 0 aliphatic rings. The SMILES string of the molecule is COCC(O)CNS(=O)(=O)c1ccc(CNC(C)C)o1. The Balaban J connectivity index is 2.59. The Bertz CT molecular complexity index is 498. The van der Waals surface area contributed by atoms with Crippen molar-refractivity contribution in [3.63, 3.8) is 0 Å². The topological polar surface area (TPSA) is 101 Å². The lowest BCUT2D eigenvalue weighted by Crippen LogP contribution is -2.34. The van der Waals surface area contributed by atoms with Crippen LogP contribution in [-0.2, 0) is 21.3 Å². The number of aliphatic hydroxyl groups is 1. The van der Waals surface area contributed by atoms with Gasteiger partial charge in [-0.3, -0.25) is 0 Å². The van der Waals surface area contributed by atoms with E-state index in [1.165, 1.54) is 13.2 Å². The first-order chi connectivity index (χ1) is 9.35. The number of sulfonamides is 1. The number of nitrogens with one attached hydrogen (secondary N) is 2. The van der Waals surface area contributed by atoms with E-state index in [-0.39, 0.29) is 24.3 Å². The summed E-state index contributed by atoms with van der Waals surface area (Å²) in [5.41, 5.74) is 0. The van der Waals surface area contributed by atoms with Gasteiger partial charge in [0.2, 0.25) is 5.09 Å². The van der Waals surface area contributed by atoms with Gasteiger partial charge < -0.3 is 19.6 Å². The van der Waals surface area contributed by atoms with Crippen molar-refractivity contribution in [3.05, 3.63) is 17.9 Å². The molecule has 116 valence electrons. The summed E-state index contributed by atoms with van der Waals surface area (Å²) < 4.78 is 36.1. The molecule has 1 atom stereocenters. The number of hydrogen-bond donors (Lipinski definition) is 3. The number of aliphatic hydroxyl groups excluding tert-OH is 1. The van der Waals surface area contributed by atoms with Crippen molar-refractivity contribution in [3.8, 4) is 0 Å². The molecule has 0 aromatic carbocycles. The number of furan rings is 1. The van der Waals surface area contributed by atoms with E-state index in [9.17, 15) is 13.5 Å². The van der Waals surface area contributed by atoms with Gasteiger partial charge in [0, 0.05) is 19.7 Å². The smallest absolute Gasteiger partial charge is 0.274 e. The van der Waals surface area contributed by atoms with Gasteiger partial charge in [-0.1, -0.05) is 13.8 Å². The minimum absolute atomic E-state index is 0.0598. The van der Waals surface area contributed by atoms with Crippen LogP contribution < -0.4 is 10.0 Å². The first kappa shape index (κ1) is 17.1. The molecule has 0 saturated carbocycles.